The van der Waals surface area contributed by atoms with Crippen LogP contribution in [0.4, 0.5) is 11.4 Å². The molecule has 2 aromatic carbocycles. The second kappa shape index (κ2) is 9.93. The van der Waals surface area contributed by atoms with Gasteiger partial charge in [-0.05, 0) is 42.5 Å². The van der Waals surface area contributed by atoms with Crippen LogP contribution in [0.2, 0.25) is 0 Å². The van der Waals surface area contributed by atoms with Gasteiger partial charge in [0.2, 0.25) is 5.91 Å². The van der Waals surface area contributed by atoms with Gasteiger partial charge in [-0.2, -0.15) is 0 Å². The van der Waals surface area contributed by atoms with E-state index < -0.39 is 0 Å². The highest BCUT2D eigenvalue weighted by Crippen LogP contribution is 2.31. The van der Waals surface area contributed by atoms with Gasteiger partial charge in [-0.15, -0.1) is 0 Å². The van der Waals surface area contributed by atoms with Crippen molar-refractivity contribution in [2.24, 2.45) is 11.8 Å². The van der Waals surface area contributed by atoms with Crippen molar-refractivity contribution < 1.29 is 4.79 Å². The van der Waals surface area contributed by atoms with Gasteiger partial charge in [-0.25, -0.2) is 0 Å². The lowest BCUT2D eigenvalue weighted by Crippen LogP contribution is -2.32. The van der Waals surface area contributed by atoms with Gasteiger partial charge in [0.1, 0.15) is 0 Å². The maximum atomic E-state index is 12.7. The lowest BCUT2D eigenvalue weighted by Gasteiger charge is -2.30. The van der Waals surface area contributed by atoms with E-state index in [-0.39, 0.29) is 5.91 Å². The summed E-state index contributed by atoms with van der Waals surface area (Å²) in [6, 6.07) is 14.2. The largest absolute Gasteiger partial charge is 0.369 e. The molecule has 3 nitrogen and oxygen atoms in total. The Morgan fingerprint density at radius 1 is 1.00 bits per heavy atom. The monoisotopic (exact) mass is 430 g/mol. The van der Waals surface area contributed by atoms with Crippen LogP contribution >= 0.6 is 15.9 Å². The zero-order valence-corrected chi connectivity index (χ0v) is 18.6. The number of benzene rings is 2. The van der Waals surface area contributed by atoms with E-state index in [4.69, 9.17) is 0 Å². The van der Waals surface area contributed by atoms with Crippen LogP contribution in [-0.2, 0) is 11.2 Å². The number of hydrogen-bond donors (Lipinski definition) is 1. The lowest BCUT2D eigenvalue weighted by molar-refractivity contribution is -0.115. The third-order valence-electron chi connectivity index (χ3n) is 4.23. The summed E-state index contributed by atoms with van der Waals surface area (Å²) in [4.78, 5) is 15.0. The van der Waals surface area contributed by atoms with E-state index in [9.17, 15) is 4.79 Å². The fourth-order valence-electron chi connectivity index (χ4n) is 3.12. The first-order valence-electron chi connectivity index (χ1n) is 9.64. The molecule has 2 rings (SSSR count). The van der Waals surface area contributed by atoms with Crippen LogP contribution in [0.5, 0.6) is 0 Å². The molecule has 0 aliphatic carbocycles. The topological polar surface area (TPSA) is 32.3 Å². The number of rotatable bonds is 8. The highest BCUT2D eigenvalue weighted by atomic mass is 79.9. The van der Waals surface area contributed by atoms with Gasteiger partial charge >= 0.3 is 0 Å². The Hall–Kier alpha value is -1.81. The van der Waals surface area contributed by atoms with Gasteiger partial charge in [0.15, 0.2) is 0 Å². The summed E-state index contributed by atoms with van der Waals surface area (Å²) in [7, 11) is 0. The second-order valence-electron chi connectivity index (χ2n) is 8.06. The van der Waals surface area contributed by atoms with E-state index in [0.717, 1.165) is 34.5 Å². The molecule has 0 aliphatic heterocycles. The quantitative estimate of drug-likeness (QED) is 0.551. The third kappa shape index (κ3) is 7.02. The predicted octanol–water partition coefficient (Wildman–Crippen LogP) is 6.06. The summed E-state index contributed by atoms with van der Waals surface area (Å²) < 4.78 is 0.964. The average molecular weight is 431 g/mol. The molecule has 0 heterocycles. The van der Waals surface area contributed by atoms with Crippen molar-refractivity contribution in [1.29, 1.82) is 0 Å². The van der Waals surface area contributed by atoms with Crippen molar-refractivity contribution in [3.63, 3.8) is 0 Å². The molecular weight excluding hydrogens is 400 g/mol. The fourth-order valence-corrected chi connectivity index (χ4v) is 3.48. The number of aryl methyl sites for hydroxylation is 1. The molecule has 0 atom stereocenters. The van der Waals surface area contributed by atoms with Crippen LogP contribution < -0.4 is 10.2 Å². The molecule has 0 spiro atoms. The van der Waals surface area contributed by atoms with E-state index in [0.29, 0.717) is 18.3 Å². The summed E-state index contributed by atoms with van der Waals surface area (Å²) in [5.74, 6) is 1.10. The standard InChI is InChI=1S/C23H31BrN2O/c1-16(2)14-26(15-17(3)4)22-11-10-20(24)13-21(22)25-23(27)12-19-8-6-18(5)7-9-19/h6-11,13,16-17H,12,14-15H2,1-5H3,(H,25,27). The zero-order valence-electron chi connectivity index (χ0n) is 17.1. The van der Waals surface area contributed by atoms with Crippen LogP contribution in [0.15, 0.2) is 46.9 Å². The number of hydrogen-bond acceptors (Lipinski definition) is 2. The van der Waals surface area contributed by atoms with Crippen LogP contribution in [0.3, 0.4) is 0 Å². The summed E-state index contributed by atoms with van der Waals surface area (Å²) in [6.45, 7) is 12.9. The minimum absolute atomic E-state index is 0.00671. The highest BCUT2D eigenvalue weighted by molar-refractivity contribution is 9.10. The number of carbonyl (C=O) groups is 1. The van der Waals surface area contributed by atoms with Crippen molar-refractivity contribution in [2.75, 3.05) is 23.3 Å². The summed E-state index contributed by atoms with van der Waals surface area (Å²) >= 11 is 3.54. The Bertz CT molecular complexity index is 743. The number of nitrogens with zero attached hydrogens (tertiary/aromatic N) is 1. The van der Waals surface area contributed by atoms with Gasteiger partial charge in [0.05, 0.1) is 17.8 Å². The van der Waals surface area contributed by atoms with E-state index in [1.165, 1.54) is 5.56 Å². The molecule has 4 heteroatoms. The first kappa shape index (κ1) is 21.5. The van der Waals surface area contributed by atoms with Crippen molar-refractivity contribution in [3.05, 3.63) is 58.1 Å². The van der Waals surface area contributed by atoms with Gasteiger partial charge < -0.3 is 10.2 Å². The number of halogens is 1. The molecule has 0 aliphatic rings. The molecule has 1 N–H and O–H groups in total. The molecule has 146 valence electrons. The van der Waals surface area contributed by atoms with Crippen molar-refractivity contribution in [2.45, 2.75) is 41.0 Å². The Labute approximate surface area is 172 Å². The molecule has 0 bridgehead atoms. The van der Waals surface area contributed by atoms with Crippen LogP contribution in [-0.4, -0.2) is 19.0 Å². The van der Waals surface area contributed by atoms with Gasteiger partial charge in [-0.3, -0.25) is 4.79 Å². The predicted molar refractivity (Wildman–Crippen MR) is 120 cm³/mol. The fraction of sp³-hybridized carbons (Fsp3) is 0.435. The first-order valence-corrected chi connectivity index (χ1v) is 10.4. The molecule has 1 amide bonds. The van der Waals surface area contributed by atoms with E-state index in [2.05, 4.69) is 66.8 Å². The summed E-state index contributed by atoms with van der Waals surface area (Å²) in [5.41, 5.74) is 4.17. The number of carbonyl (C=O) groups excluding carboxylic acids is 1. The molecule has 0 unspecified atom stereocenters. The maximum absolute atomic E-state index is 12.7. The van der Waals surface area contributed by atoms with Gasteiger partial charge in [0.25, 0.3) is 0 Å². The minimum Gasteiger partial charge on any atom is -0.369 e. The third-order valence-corrected chi connectivity index (χ3v) is 4.72. The molecule has 2 aromatic rings. The molecule has 0 fully saturated rings. The Balaban J connectivity index is 2.22. The Morgan fingerprint density at radius 2 is 1.59 bits per heavy atom. The van der Waals surface area contributed by atoms with Crippen LogP contribution in [0.1, 0.15) is 38.8 Å². The number of anilines is 2. The molecule has 0 aromatic heterocycles. The van der Waals surface area contributed by atoms with Crippen LogP contribution in [0.25, 0.3) is 0 Å². The average Bonchev–Trinajstić information content (AvgIpc) is 2.55. The summed E-state index contributed by atoms with van der Waals surface area (Å²) in [5, 5.41) is 3.13. The van der Waals surface area contributed by atoms with Gasteiger partial charge in [0, 0.05) is 17.6 Å². The van der Waals surface area contributed by atoms with Crippen molar-refractivity contribution >= 4 is 33.2 Å². The number of amides is 1. The van der Waals surface area contributed by atoms with Gasteiger partial charge in [-0.1, -0.05) is 73.5 Å². The highest BCUT2D eigenvalue weighted by Gasteiger charge is 2.16. The molecule has 0 saturated heterocycles. The molecule has 0 saturated carbocycles. The van der Waals surface area contributed by atoms with E-state index >= 15 is 0 Å². The van der Waals surface area contributed by atoms with E-state index in [1.807, 2.05) is 36.4 Å². The molecular formula is C23H31BrN2O. The normalized spacial score (nSPS) is 11.1. The molecule has 27 heavy (non-hydrogen) atoms. The van der Waals surface area contributed by atoms with Crippen molar-refractivity contribution in [3.8, 4) is 0 Å². The molecule has 0 radical (unpaired) electrons. The second-order valence-corrected chi connectivity index (χ2v) is 8.98. The Morgan fingerprint density at radius 3 is 2.15 bits per heavy atom. The first-order chi connectivity index (χ1) is 12.7. The minimum atomic E-state index is 0.00671. The van der Waals surface area contributed by atoms with Crippen LogP contribution in [0, 0.1) is 18.8 Å². The zero-order chi connectivity index (χ0) is 20.0. The number of nitrogens with one attached hydrogen (secondary N) is 1. The van der Waals surface area contributed by atoms with Crippen molar-refractivity contribution in [1.82, 2.24) is 0 Å². The maximum Gasteiger partial charge on any atom is 0.228 e. The Kier molecular flexibility index (Phi) is 7.91. The van der Waals surface area contributed by atoms with E-state index in [1.54, 1.807) is 0 Å². The smallest absolute Gasteiger partial charge is 0.228 e. The summed E-state index contributed by atoms with van der Waals surface area (Å²) in [6.07, 6.45) is 0.376. The SMILES string of the molecule is Cc1ccc(CC(=O)Nc2cc(Br)ccc2N(CC(C)C)CC(C)C)cc1. The lowest BCUT2D eigenvalue weighted by atomic mass is 10.1.